The van der Waals surface area contributed by atoms with Gasteiger partial charge < -0.3 is 10.1 Å². The maximum atomic E-state index is 12.6. The fraction of sp³-hybridized carbons (Fsp3) is 0.875. The minimum Gasteiger partial charge on any atom is -0.379 e. The number of amides is 2. The second kappa shape index (κ2) is 10.6. The first-order chi connectivity index (χ1) is 11.7. The van der Waals surface area contributed by atoms with E-state index in [1.54, 1.807) is 5.48 Å². The van der Waals surface area contributed by atoms with Gasteiger partial charge >= 0.3 is 0 Å². The third-order valence-corrected chi connectivity index (χ3v) is 4.84. The van der Waals surface area contributed by atoms with Gasteiger partial charge in [0, 0.05) is 26.2 Å². The molecule has 8 heteroatoms. The summed E-state index contributed by atoms with van der Waals surface area (Å²) in [5.74, 6) is -0.341. The molecular formula is C16H30N4O4. The Morgan fingerprint density at radius 2 is 1.88 bits per heavy atom. The molecule has 1 unspecified atom stereocenters. The molecule has 0 spiro atoms. The number of carbonyl (C=O) groups is 2. The van der Waals surface area contributed by atoms with Crippen LogP contribution in [0.2, 0.25) is 0 Å². The molecule has 2 fully saturated rings. The third kappa shape index (κ3) is 6.35. The first kappa shape index (κ1) is 19.1. The second-order valence-corrected chi connectivity index (χ2v) is 6.54. The normalized spacial score (nSPS) is 21.2. The maximum Gasteiger partial charge on any atom is 0.257 e. The van der Waals surface area contributed by atoms with Crippen LogP contribution in [0, 0.1) is 5.92 Å². The summed E-state index contributed by atoms with van der Waals surface area (Å²) in [6.07, 6.45) is 5.44. The lowest BCUT2D eigenvalue weighted by Gasteiger charge is -2.31. The molecule has 2 aliphatic rings. The van der Waals surface area contributed by atoms with Crippen molar-refractivity contribution >= 4 is 11.8 Å². The molecule has 1 saturated heterocycles. The van der Waals surface area contributed by atoms with Crippen molar-refractivity contribution in [1.82, 2.24) is 21.0 Å². The van der Waals surface area contributed by atoms with Crippen molar-refractivity contribution < 1.29 is 19.5 Å². The molecule has 1 aliphatic carbocycles. The Morgan fingerprint density at radius 1 is 1.17 bits per heavy atom. The van der Waals surface area contributed by atoms with E-state index in [0.717, 1.165) is 58.5 Å². The van der Waals surface area contributed by atoms with Crippen LogP contribution in [0.5, 0.6) is 0 Å². The fourth-order valence-electron chi connectivity index (χ4n) is 3.46. The lowest BCUT2D eigenvalue weighted by atomic mass is 9.83. The number of hydroxylamine groups is 1. The summed E-state index contributed by atoms with van der Waals surface area (Å²) >= 11 is 0. The van der Waals surface area contributed by atoms with Crippen LogP contribution in [-0.4, -0.2) is 73.9 Å². The highest BCUT2D eigenvalue weighted by atomic mass is 16.5. The first-order valence-corrected chi connectivity index (χ1v) is 8.95. The van der Waals surface area contributed by atoms with Crippen molar-refractivity contribution in [3.05, 3.63) is 0 Å². The van der Waals surface area contributed by atoms with Gasteiger partial charge in [0.15, 0.2) is 0 Å². The quantitative estimate of drug-likeness (QED) is 0.350. The summed E-state index contributed by atoms with van der Waals surface area (Å²) in [4.78, 5) is 26.1. The van der Waals surface area contributed by atoms with E-state index in [1.165, 1.54) is 6.42 Å². The number of morpholine rings is 1. The Balaban J connectivity index is 1.79. The summed E-state index contributed by atoms with van der Waals surface area (Å²) in [5, 5.41) is 14.6. The number of hydrogen-bond acceptors (Lipinski definition) is 6. The van der Waals surface area contributed by atoms with Gasteiger partial charge in [-0.1, -0.05) is 19.3 Å². The molecule has 1 saturated carbocycles. The number of rotatable bonds is 8. The summed E-state index contributed by atoms with van der Waals surface area (Å²) < 4.78 is 5.31. The van der Waals surface area contributed by atoms with E-state index >= 15 is 0 Å². The molecule has 138 valence electrons. The van der Waals surface area contributed by atoms with Gasteiger partial charge in [0.2, 0.25) is 5.91 Å². The van der Waals surface area contributed by atoms with Gasteiger partial charge in [-0.2, -0.15) is 0 Å². The van der Waals surface area contributed by atoms with Crippen LogP contribution in [-0.2, 0) is 14.3 Å². The van der Waals surface area contributed by atoms with Gasteiger partial charge in [-0.15, -0.1) is 0 Å². The molecule has 24 heavy (non-hydrogen) atoms. The Labute approximate surface area is 143 Å². The molecule has 4 N–H and O–H groups in total. The van der Waals surface area contributed by atoms with Crippen LogP contribution in [0.25, 0.3) is 0 Å². The van der Waals surface area contributed by atoms with Gasteiger partial charge in [-0.25, -0.2) is 5.48 Å². The molecule has 2 amide bonds. The van der Waals surface area contributed by atoms with Crippen molar-refractivity contribution in [1.29, 1.82) is 0 Å². The van der Waals surface area contributed by atoms with E-state index < -0.39 is 5.91 Å². The number of nitrogens with one attached hydrogen (secondary N) is 3. The van der Waals surface area contributed by atoms with E-state index in [0.29, 0.717) is 6.54 Å². The van der Waals surface area contributed by atoms with Crippen LogP contribution in [0.15, 0.2) is 0 Å². The van der Waals surface area contributed by atoms with Crippen LogP contribution < -0.4 is 16.1 Å². The lowest BCUT2D eigenvalue weighted by molar-refractivity contribution is -0.129. The third-order valence-electron chi connectivity index (χ3n) is 4.84. The predicted octanol–water partition coefficient (Wildman–Crippen LogP) is -0.521. The summed E-state index contributed by atoms with van der Waals surface area (Å²) in [6, 6.07) is -0.382. The van der Waals surface area contributed by atoms with Gasteiger partial charge in [-0.05, 0) is 18.8 Å². The highest BCUT2D eigenvalue weighted by molar-refractivity contribution is 5.83. The van der Waals surface area contributed by atoms with E-state index in [9.17, 15) is 9.59 Å². The SMILES string of the molecule is O=C(CNC(C(=O)NCCN1CCOCC1)C1CCCCC1)NO. The lowest BCUT2D eigenvalue weighted by Crippen LogP contribution is -2.52. The minimum absolute atomic E-state index is 0.0547. The molecule has 1 aliphatic heterocycles. The van der Waals surface area contributed by atoms with Crippen molar-refractivity contribution in [3.63, 3.8) is 0 Å². The topological polar surface area (TPSA) is 103 Å². The monoisotopic (exact) mass is 342 g/mol. The molecule has 8 nitrogen and oxygen atoms in total. The van der Waals surface area contributed by atoms with Gasteiger partial charge in [0.05, 0.1) is 25.8 Å². The molecular weight excluding hydrogens is 312 g/mol. The number of ether oxygens (including phenoxy) is 1. The van der Waals surface area contributed by atoms with Crippen molar-refractivity contribution in [2.45, 2.75) is 38.1 Å². The van der Waals surface area contributed by atoms with Gasteiger partial charge in [0.1, 0.15) is 0 Å². The van der Waals surface area contributed by atoms with Crippen LogP contribution >= 0.6 is 0 Å². The number of carbonyl (C=O) groups excluding carboxylic acids is 2. The Kier molecular flexibility index (Phi) is 8.44. The summed E-state index contributed by atoms with van der Waals surface area (Å²) in [6.45, 7) is 4.63. The fourth-order valence-corrected chi connectivity index (χ4v) is 3.46. The molecule has 1 heterocycles. The average Bonchev–Trinajstić information content (AvgIpc) is 2.63. The summed E-state index contributed by atoms with van der Waals surface area (Å²) in [7, 11) is 0. The van der Waals surface area contributed by atoms with Crippen LogP contribution in [0.3, 0.4) is 0 Å². The minimum atomic E-state index is -0.531. The summed E-state index contributed by atoms with van der Waals surface area (Å²) in [5.41, 5.74) is 1.60. The Morgan fingerprint density at radius 3 is 2.54 bits per heavy atom. The second-order valence-electron chi connectivity index (χ2n) is 6.54. The Hall–Kier alpha value is -1.22. The first-order valence-electron chi connectivity index (χ1n) is 8.95. The molecule has 0 aromatic heterocycles. The van der Waals surface area contributed by atoms with Crippen molar-refractivity contribution in [3.8, 4) is 0 Å². The van der Waals surface area contributed by atoms with E-state index in [1.807, 2.05) is 0 Å². The zero-order chi connectivity index (χ0) is 17.2. The zero-order valence-corrected chi connectivity index (χ0v) is 14.3. The molecule has 0 aromatic carbocycles. The van der Waals surface area contributed by atoms with Crippen LogP contribution in [0.4, 0.5) is 0 Å². The van der Waals surface area contributed by atoms with E-state index in [-0.39, 0.29) is 24.4 Å². The smallest absolute Gasteiger partial charge is 0.257 e. The Bertz CT molecular complexity index is 396. The van der Waals surface area contributed by atoms with E-state index in [4.69, 9.17) is 9.94 Å². The standard InChI is InChI=1S/C16H30N4O4/c21-14(19-23)12-18-15(13-4-2-1-3-5-13)16(22)17-6-7-20-8-10-24-11-9-20/h13,15,18,23H,1-12H2,(H,17,22)(H,19,21). The average molecular weight is 342 g/mol. The molecule has 0 bridgehead atoms. The largest absolute Gasteiger partial charge is 0.379 e. The van der Waals surface area contributed by atoms with Gasteiger partial charge in [-0.3, -0.25) is 25.0 Å². The zero-order valence-electron chi connectivity index (χ0n) is 14.3. The molecule has 1 atom stereocenters. The van der Waals surface area contributed by atoms with Crippen molar-refractivity contribution in [2.24, 2.45) is 5.92 Å². The maximum absolute atomic E-state index is 12.6. The van der Waals surface area contributed by atoms with E-state index in [2.05, 4.69) is 15.5 Å². The van der Waals surface area contributed by atoms with Crippen molar-refractivity contribution in [2.75, 3.05) is 45.9 Å². The molecule has 2 rings (SSSR count). The highest BCUT2D eigenvalue weighted by Crippen LogP contribution is 2.26. The van der Waals surface area contributed by atoms with Gasteiger partial charge in [0.25, 0.3) is 5.91 Å². The molecule has 0 radical (unpaired) electrons. The molecule has 0 aromatic rings. The predicted molar refractivity (Wildman–Crippen MR) is 88.6 cm³/mol. The van der Waals surface area contributed by atoms with Crippen LogP contribution in [0.1, 0.15) is 32.1 Å². The highest BCUT2D eigenvalue weighted by Gasteiger charge is 2.29. The number of nitrogens with zero attached hydrogens (tertiary/aromatic N) is 1. The number of hydrogen-bond donors (Lipinski definition) is 4.